The molecule has 0 unspecified atom stereocenters. The van der Waals surface area contributed by atoms with E-state index in [4.69, 9.17) is 22.1 Å². The summed E-state index contributed by atoms with van der Waals surface area (Å²) in [5, 5.41) is 11.0. The number of urea groups is 1. The summed E-state index contributed by atoms with van der Waals surface area (Å²) in [4.78, 5) is 35.8. The molecule has 0 aliphatic heterocycles. The highest BCUT2D eigenvalue weighted by atomic mass is 35.5. The second-order valence-electron chi connectivity index (χ2n) is 5.87. The van der Waals surface area contributed by atoms with E-state index in [1.807, 2.05) is 0 Å². The first-order valence-electron chi connectivity index (χ1n) is 8.23. The molecule has 2 amide bonds. The number of rotatable bonds is 6. The van der Waals surface area contributed by atoms with Gasteiger partial charge >= 0.3 is 12.0 Å². The van der Waals surface area contributed by atoms with Gasteiger partial charge in [0.2, 0.25) is 0 Å². The van der Waals surface area contributed by atoms with E-state index in [-0.39, 0.29) is 6.42 Å². The first kappa shape index (κ1) is 19.3. The molecule has 2 aromatic carbocycles. The van der Waals surface area contributed by atoms with Crippen molar-refractivity contribution in [1.29, 1.82) is 0 Å². The molecule has 1 atom stereocenters. The number of fused-ring (bicyclic) bond motifs is 1. The molecule has 0 aliphatic carbocycles. The average molecular weight is 402 g/mol. The molecule has 3 aromatic rings. The lowest BCUT2D eigenvalue weighted by Crippen LogP contribution is -2.35. The van der Waals surface area contributed by atoms with Crippen LogP contribution in [0, 0.1) is 0 Å². The molecule has 0 spiro atoms. The lowest BCUT2D eigenvalue weighted by Gasteiger charge is -2.17. The fourth-order valence-corrected chi connectivity index (χ4v) is 2.71. The Kier molecular flexibility index (Phi) is 5.85. The van der Waals surface area contributed by atoms with Gasteiger partial charge in [-0.05, 0) is 29.8 Å². The van der Waals surface area contributed by atoms with Crippen LogP contribution in [0.25, 0.3) is 10.9 Å². The number of nitrogens with zero attached hydrogens (tertiary/aromatic N) is 3. The summed E-state index contributed by atoms with van der Waals surface area (Å²) >= 11 is 5.85. The minimum absolute atomic E-state index is 0.194. The van der Waals surface area contributed by atoms with Crippen LogP contribution >= 0.6 is 11.6 Å². The Hall–Kier alpha value is -3.46. The molecule has 0 bridgehead atoms. The number of amides is 2. The number of carbonyl (C=O) groups is 2. The molecule has 0 saturated carbocycles. The van der Waals surface area contributed by atoms with E-state index in [0.29, 0.717) is 21.5 Å². The SMILES string of the molecule is NC(=O)N[C@H](CC(=O)OCn1nnc2ccccc2c1=O)c1ccc(Cl)cc1. The van der Waals surface area contributed by atoms with Crippen molar-refractivity contribution in [2.75, 3.05) is 0 Å². The van der Waals surface area contributed by atoms with Crippen LogP contribution in [0.5, 0.6) is 0 Å². The van der Waals surface area contributed by atoms with Crippen LogP contribution in [0.15, 0.2) is 53.3 Å². The van der Waals surface area contributed by atoms with Crippen molar-refractivity contribution in [2.45, 2.75) is 19.2 Å². The summed E-state index contributed by atoms with van der Waals surface area (Å²) in [5.41, 5.74) is 5.83. The number of nitrogens with two attached hydrogens (primary N) is 1. The Labute approximate surface area is 164 Å². The van der Waals surface area contributed by atoms with Gasteiger partial charge in [-0.15, -0.1) is 5.10 Å². The van der Waals surface area contributed by atoms with Gasteiger partial charge in [-0.2, -0.15) is 4.68 Å². The van der Waals surface area contributed by atoms with Gasteiger partial charge in [0.15, 0.2) is 6.73 Å². The summed E-state index contributed by atoms with van der Waals surface area (Å²) in [6.45, 7) is -0.403. The van der Waals surface area contributed by atoms with Crippen molar-refractivity contribution in [3.05, 3.63) is 69.5 Å². The minimum Gasteiger partial charge on any atom is -0.442 e. The molecule has 10 heteroatoms. The van der Waals surface area contributed by atoms with Crippen molar-refractivity contribution in [3.8, 4) is 0 Å². The van der Waals surface area contributed by atoms with Crippen molar-refractivity contribution < 1.29 is 14.3 Å². The largest absolute Gasteiger partial charge is 0.442 e. The molecular weight excluding hydrogens is 386 g/mol. The zero-order valence-electron chi connectivity index (χ0n) is 14.5. The van der Waals surface area contributed by atoms with Crippen LogP contribution in [-0.4, -0.2) is 27.0 Å². The van der Waals surface area contributed by atoms with Crippen molar-refractivity contribution in [1.82, 2.24) is 20.3 Å². The molecule has 3 N–H and O–H groups in total. The Morgan fingerprint density at radius 2 is 1.89 bits per heavy atom. The molecule has 0 saturated heterocycles. The molecule has 0 fully saturated rings. The number of aromatic nitrogens is 3. The molecule has 1 heterocycles. The maximum absolute atomic E-state index is 12.3. The van der Waals surface area contributed by atoms with E-state index in [0.717, 1.165) is 4.68 Å². The highest BCUT2D eigenvalue weighted by Crippen LogP contribution is 2.20. The van der Waals surface area contributed by atoms with E-state index in [9.17, 15) is 14.4 Å². The number of nitrogens with one attached hydrogen (secondary N) is 1. The van der Waals surface area contributed by atoms with Gasteiger partial charge in [0.05, 0.1) is 17.8 Å². The topological polar surface area (TPSA) is 129 Å². The average Bonchev–Trinajstić information content (AvgIpc) is 2.67. The zero-order valence-corrected chi connectivity index (χ0v) is 15.3. The smallest absolute Gasteiger partial charge is 0.312 e. The molecule has 1 aromatic heterocycles. The fourth-order valence-electron chi connectivity index (χ4n) is 2.59. The monoisotopic (exact) mass is 401 g/mol. The molecule has 9 nitrogen and oxygen atoms in total. The first-order valence-corrected chi connectivity index (χ1v) is 8.61. The predicted molar refractivity (Wildman–Crippen MR) is 101 cm³/mol. The van der Waals surface area contributed by atoms with Gasteiger partial charge in [0, 0.05) is 5.02 Å². The summed E-state index contributed by atoms with van der Waals surface area (Å²) in [6.07, 6.45) is -0.194. The summed E-state index contributed by atoms with van der Waals surface area (Å²) in [7, 11) is 0. The second-order valence-corrected chi connectivity index (χ2v) is 6.31. The van der Waals surface area contributed by atoms with Crippen LogP contribution in [0.4, 0.5) is 4.79 Å². The standard InChI is InChI=1S/C18H16ClN5O4/c19-12-7-5-11(6-8-12)15(21-18(20)27)9-16(25)28-10-24-17(26)13-3-1-2-4-14(13)22-23-24/h1-8,15H,9-10H2,(H3,20,21,27)/t15-/m1/s1. The maximum Gasteiger partial charge on any atom is 0.312 e. The fraction of sp³-hybridized carbons (Fsp3) is 0.167. The molecule has 144 valence electrons. The Bertz CT molecular complexity index is 1070. The van der Waals surface area contributed by atoms with Gasteiger partial charge in [0.1, 0.15) is 5.52 Å². The number of carbonyl (C=O) groups excluding carboxylic acids is 2. The van der Waals surface area contributed by atoms with Crippen LogP contribution in [-0.2, 0) is 16.3 Å². The molecule has 28 heavy (non-hydrogen) atoms. The van der Waals surface area contributed by atoms with Crippen molar-refractivity contribution in [3.63, 3.8) is 0 Å². The van der Waals surface area contributed by atoms with Crippen LogP contribution < -0.4 is 16.6 Å². The minimum atomic E-state index is -0.788. The van der Waals surface area contributed by atoms with Gasteiger partial charge < -0.3 is 15.8 Å². The number of benzene rings is 2. The Morgan fingerprint density at radius 1 is 1.18 bits per heavy atom. The van der Waals surface area contributed by atoms with Crippen LogP contribution in [0.1, 0.15) is 18.0 Å². The summed E-state index contributed by atoms with van der Waals surface area (Å²) in [5.74, 6) is -0.657. The predicted octanol–water partition coefficient (Wildman–Crippen LogP) is 1.75. The third kappa shape index (κ3) is 4.63. The number of ether oxygens (including phenoxy) is 1. The number of halogens is 1. The normalized spacial score (nSPS) is 11.8. The molecule has 0 aliphatic rings. The maximum atomic E-state index is 12.3. The molecule has 0 radical (unpaired) electrons. The third-order valence-electron chi connectivity index (χ3n) is 3.94. The van der Waals surface area contributed by atoms with E-state index >= 15 is 0 Å². The van der Waals surface area contributed by atoms with Crippen molar-refractivity contribution in [2.24, 2.45) is 5.73 Å². The second kappa shape index (κ2) is 8.49. The van der Waals surface area contributed by atoms with Crippen LogP contribution in [0.3, 0.4) is 0 Å². The van der Waals surface area contributed by atoms with E-state index in [1.54, 1.807) is 48.5 Å². The van der Waals surface area contributed by atoms with Gasteiger partial charge in [-0.25, -0.2) is 4.79 Å². The van der Waals surface area contributed by atoms with Gasteiger partial charge in [0.25, 0.3) is 5.56 Å². The lowest BCUT2D eigenvalue weighted by molar-refractivity contribution is -0.148. The molecular formula is C18H16ClN5O4. The van der Waals surface area contributed by atoms with Gasteiger partial charge in [-0.1, -0.05) is 41.1 Å². The number of esters is 1. The van der Waals surface area contributed by atoms with Crippen LogP contribution in [0.2, 0.25) is 5.02 Å². The lowest BCUT2D eigenvalue weighted by atomic mass is 10.0. The summed E-state index contributed by atoms with van der Waals surface area (Å²) < 4.78 is 6.06. The van der Waals surface area contributed by atoms with E-state index in [2.05, 4.69) is 15.6 Å². The highest BCUT2D eigenvalue weighted by Gasteiger charge is 2.19. The van der Waals surface area contributed by atoms with Gasteiger partial charge in [-0.3, -0.25) is 9.59 Å². The zero-order chi connectivity index (χ0) is 20.1. The number of hydrogen-bond donors (Lipinski definition) is 2. The van der Waals surface area contributed by atoms with E-state index < -0.39 is 30.3 Å². The Balaban J connectivity index is 1.69. The molecule has 3 rings (SSSR count). The third-order valence-corrected chi connectivity index (χ3v) is 4.19. The van der Waals surface area contributed by atoms with Crippen molar-refractivity contribution >= 4 is 34.5 Å². The highest BCUT2D eigenvalue weighted by molar-refractivity contribution is 6.30. The first-order chi connectivity index (χ1) is 13.4. The number of primary amides is 1. The quantitative estimate of drug-likeness (QED) is 0.605. The Morgan fingerprint density at radius 3 is 2.61 bits per heavy atom. The number of hydrogen-bond acceptors (Lipinski definition) is 6. The van der Waals surface area contributed by atoms with E-state index in [1.165, 1.54) is 0 Å². The summed E-state index contributed by atoms with van der Waals surface area (Å²) in [6, 6.07) is 11.8.